The first-order valence-electron chi connectivity index (χ1n) is 7.63. The van der Waals surface area contributed by atoms with E-state index in [1.807, 2.05) is 12.1 Å². The minimum Gasteiger partial charge on any atom is -0.370 e. The van der Waals surface area contributed by atoms with E-state index in [2.05, 4.69) is 9.89 Å². The molecule has 1 aliphatic rings. The molecule has 0 radical (unpaired) electrons. The number of hydrogen-bond donors (Lipinski definition) is 1. The molecule has 2 N–H and O–H groups in total. The van der Waals surface area contributed by atoms with Crippen LogP contribution in [0.25, 0.3) is 0 Å². The summed E-state index contributed by atoms with van der Waals surface area (Å²) in [6.45, 7) is 2.75. The van der Waals surface area contributed by atoms with E-state index < -0.39 is 0 Å². The summed E-state index contributed by atoms with van der Waals surface area (Å²) >= 11 is 1.69. The summed E-state index contributed by atoms with van der Waals surface area (Å²) in [6.07, 6.45) is 5.00. The lowest BCUT2D eigenvalue weighted by Crippen LogP contribution is -2.38. The van der Waals surface area contributed by atoms with E-state index in [1.165, 1.54) is 31.7 Å². The van der Waals surface area contributed by atoms with Gasteiger partial charge in [0.2, 0.25) is 0 Å². The van der Waals surface area contributed by atoms with Gasteiger partial charge in [-0.15, -0.1) is 0 Å². The molecular formula is C16H24FN3S. The SMILES string of the molecule is NC(=NCCSCc1ccccc1F)N1CCCCCC1. The molecule has 1 aromatic rings. The van der Waals surface area contributed by atoms with Gasteiger partial charge in [0.05, 0.1) is 6.54 Å². The van der Waals surface area contributed by atoms with Gasteiger partial charge in [0.1, 0.15) is 5.82 Å². The van der Waals surface area contributed by atoms with Gasteiger partial charge in [-0.05, 0) is 24.5 Å². The van der Waals surface area contributed by atoms with Crippen molar-refractivity contribution in [1.29, 1.82) is 0 Å². The summed E-state index contributed by atoms with van der Waals surface area (Å²) in [5.41, 5.74) is 6.80. The highest BCUT2D eigenvalue weighted by Crippen LogP contribution is 2.15. The Bertz CT molecular complexity index is 457. The van der Waals surface area contributed by atoms with Crippen molar-refractivity contribution < 1.29 is 4.39 Å². The van der Waals surface area contributed by atoms with E-state index in [-0.39, 0.29) is 5.82 Å². The first kappa shape index (κ1) is 16.1. The van der Waals surface area contributed by atoms with Crippen molar-refractivity contribution in [3.63, 3.8) is 0 Å². The van der Waals surface area contributed by atoms with Gasteiger partial charge >= 0.3 is 0 Å². The second kappa shape index (κ2) is 8.93. The fourth-order valence-electron chi connectivity index (χ4n) is 2.42. The Balaban J connectivity index is 1.68. The highest BCUT2D eigenvalue weighted by atomic mass is 32.2. The molecular weight excluding hydrogens is 285 g/mol. The fraction of sp³-hybridized carbons (Fsp3) is 0.562. The third-order valence-electron chi connectivity index (χ3n) is 3.65. The topological polar surface area (TPSA) is 41.6 Å². The van der Waals surface area contributed by atoms with Gasteiger partial charge in [0, 0.05) is 24.6 Å². The van der Waals surface area contributed by atoms with Crippen LogP contribution in [0.2, 0.25) is 0 Å². The summed E-state index contributed by atoms with van der Waals surface area (Å²) in [6, 6.07) is 6.92. The van der Waals surface area contributed by atoms with Gasteiger partial charge < -0.3 is 10.6 Å². The lowest BCUT2D eigenvalue weighted by atomic mass is 10.2. The number of hydrogen-bond acceptors (Lipinski definition) is 2. The lowest BCUT2D eigenvalue weighted by Gasteiger charge is -2.21. The summed E-state index contributed by atoms with van der Waals surface area (Å²) in [4.78, 5) is 6.64. The monoisotopic (exact) mass is 309 g/mol. The van der Waals surface area contributed by atoms with Crippen LogP contribution >= 0.6 is 11.8 Å². The molecule has 0 aromatic heterocycles. The highest BCUT2D eigenvalue weighted by molar-refractivity contribution is 7.98. The van der Waals surface area contributed by atoms with Crippen molar-refractivity contribution >= 4 is 17.7 Å². The Labute approximate surface area is 130 Å². The molecule has 0 aliphatic carbocycles. The number of rotatable bonds is 5. The molecule has 21 heavy (non-hydrogen) atoms. The van der Waals surface area contributed by atoms with Crippen LogP contribution in [0.1, 0.15) is 31.2 Å². The maximum atomic E-state index is 13.4. The molecule has 116 valence electrons. The predicted molar refractivity (Wildman–Crippen MR) is 89.1 cm³/mol. The van der Waals surface area contributed by atoms with E-state index in [9.17, 15) is 4.39 Å². The molecule has 1 heterocycles. The Morgan fingerprint density at radius 2 is 1.90 bits per heavy atom. The van der Waals surface area contributed by atoms with Crippen LogP contribution in [0.15, 0.2) is 29.3 Å². The zero-order valence-corrected chi connectivity index (χ0v) is 13.2. The van der Waals surface area contributed by atoms with Gasteiger partial charge in [-0.1, -0.05) is 31.0 Å². The van der Waals surface area contributed by atoms with Gasteiger partial charge in [-0.2, -0.15) is 11.8 Å². The van der Waals surface area contributed by atoms with Crippen LogP contribution < -0.4 is 5.73 Å². The summed E-state index contributed by atoms with van der Waals surface area (Å²) in [5, 5.41) is 0. The van der Waals surface area contributed by atoms with Gasteiger partial charge in [-0.3, -0.25) is 4.99 Å². The quantitative estimate of drug-likeness (QED) is 0.516. The molecule has 0 bridgehead atoms. The molecule has 1 aliphatic heterocycles. The molecule has 0 spiro atoms. The Kier molecular flexibility index (Phi) is 6.86. The molecule has 1 aromatic carbocycles. The summed E-state index contributed by atoms with van der Waals surface area (Å²) in [7, 11) is 0. The number of benzene rings is 1. The molecule has 1 saturated heterocycles. The van der Waals surface area contributed by atoms with Crippen molar-refractivity contribution in [2.24, 2.45) is 10.7 Å². The van der Waals surface area contributed by atoms with Crippen LogP contribution in [0.3, 0.4) is 0 Å². The zero-order chi connectivity index (χ0) is 14.9. The number of aliphatic imine (C=N–C) groups is 1. The summed E-state index contributed by atoms with van der Waals surface area (Å²) < 4.78 is 13.4. The summed E-state index contributed by atoms with van der Waals surface area (Å²) in [5.74, 6) is 2.09. The molecule has 0 amide bonds. The Hall–Kier alpha value is -1.23. The van der Waals surface area contributed by atoms with Crippen LogP contribution in [-0.4, -0.2) is 36.2 Å². The number of halogens is 1. The normalized spacial score (nSPS) is 16.8. The van der Waals surface area contributed by atoms with Crippen molar-refractivity contribution in [3.05, 3.63) is 35.6 Å². The van der Waals surface area contributed by atoms with Crippen LogP contribution in [-0.2, 0) is 5.75 Å². The Morgan fingerprint density at radius 3 is 2.62 bits per heavy atom. The third-order valence-corrected chi connectivity index (χ3v) is 4.64. The van der Waals surface area contributed by atoms with Crippen molar-refractivity contribution in [3.8, 4) is 0 Å². The fourth-order valence-corrected chi connectivity index (χ4v) is 3.24. The second-order valence-electron chi connectivity index (χ2n) is 5.29. The lowest BCUT2D eigenvalue weighted by molar-refractivity contribution is 0.429. The van der Waals surface area contributed by atoms with Crippen LogP contribution in [0, 0.1) is 5.82 Å². The number of thioether (sulfide) groups is 1. The van der Waals surface area contributed by atoms with E-state index in [1.54, 1.807) is 17.8 Å². The predicted octanol–water partition coefficient (Wildman–Crippen LogP) is 3.25. The molecule has 2 rings (SSSR count). The average molecular weight is 309 g/mol. The first-order chi connectivity index (χ1) is 10.3. The minimum absolute atomic E-state index is 0.127. The van der Waals surface area contributed by atoms with E-state index >= 15 is 0 Å². The smallest absolute Gasteiger partial charge is 0.191 e. The standard InChI is InChI=1S/C16H24FN3S/c17-15-8-4-3-7-14(15)13-21-12-9-19-16(18)20-10-5-1-2-6-11-20/h3-4,7-8H,1-2,5-6,9-13H2,(H2,18,19). The van der Waals surface area contributed by atoms with Gasteiger partial charge in [0.15, 0.2) is 5.96 Å². The molecule has 3 nitrogen and oxygen atoms in total. The van der Waals surface area contributed by atoms with E-state index in [4.69, 9.17) is 5.73 Å². The van der Waals surface area contributed by atoms with E-state index in [0.717, 1.165) is 24.4 Å². The maximum absolute atomic E-state index is 13.4. The number of likely N-dealkylation sites (tertiary alicyclic amines) is 1. The third kappa shape index (κ3) is 5.58. The minimum atomic E-state index is -0.127. The largest absolute Gasteiger partial charge is 0.370 e. The van der Waals surface area contributed by atoms with Crippen molar-refractivity contribution in [1.82, 2.24) is 4.90 Å². The van der Waals surface area contributed by atoms with Gasteiger partial charge in [0.25, 0.3) is 0 Å². The van der Waals surface area contributed by atoms with Crippen LogP contribution in [0.4, 0.5) is 4.39 Å². The van der Waals surface area contributed by atoms with Crippen molar-refractivity contribution in [2.75, 3.05) is 25.4 Å². The van der Waals surface area contributed by atoms with E-state index in [0.29, 0.717) is 18.3 Å². The zero-order valence-electron chi connectivity index (χ0n) is 12.4. The highest BCUT2D eigenvalue weighted by Gasteiger charge is 2.10. The molecule has 0 atom stereocenters. The Morgan fingerprint density at radius 1 is 1.19 bits per heavy atom. The molecule has 5 heteroatoms. The molecule has 0 unspecified atom stereocenters. The maximum Gasteiger partial charge on any atom is 0.191 e. The molecule has 1 fully saturated rings. The number of nitrogens with two attached hydrogens (primary N) is 1. The van der Waals surface area contributed by atoms with Crippen LogP contribution in [0.5, 0.6) is 0 Å². The number of nitrogens with zero attached hydrogens (tertiary/aromatic N) is 2. The average Bonchev–Trinajstić information content (AvgIpc) is 2.77. The second-order valence-corrected chi connectivity index (χ2v) is 6.39. The number of guanidine groups is 1. The van der Waals surface area contributed by atoms with Gasteiger partial charge in [-0.25, -0.2) is 4.39 Å². The first-order valence-corrected chi connectivity index (χ1v) is 8.79. The van der Waals surface area contributed by atoms with Crippen molar-refractivity contribution in [2.45, 2.75) is 31.4 Å². The molecule has 0 saturated carbocycles.